The second-order valence-electron chi connectivity index (χ2n) is 8.33. The van der Waals surface area contributed by atoms with E-state index in [1.807, 2.05) is 0 Å². The van der Waals surface area contributed by atoms with Crippen LogP contribution in [-0.2, 0) is 14.8 Å². The Labute approximate surface area is 194 Å². The number of hydrogen-bond acceptors (Lipinski definition) is 7. The van der Waals surface area contributed by atoms with Crippen LogP contribution in [0, 0.1) is 11.8 Å². The number of methoxy groups -OCH3 is 3. The highest BCUT2D eigenvalue weighted by molar-refractivity contribution is 7.89. The van der Waals surface area contributed by atoms with Gasteiger partial charge in [-0.2, -0.15) is 4.31 Å². The first-order valence-electron chi connectivity index (χ1n) is 10.7. The van der Waals surface area contributed by atoms with E-state index in [9.17, 15) is 13.2 Å². The van der Waals surface area contributed by atoms with E-state index in [0.29, 0.717) is 49.1 Å². The maximum Gasteiger partial charge on any atom is 0.243 e. The van der Waals surface area contributed by atoms with Crippen molar-refractivity contribution < 1.29 is 27.4 Å². The van der Waals surface area contributed by atoms with E-state index in [1.54, 1.807) is 61.0 Å². The molecule has 178 valence electrons. The van der Waals surface area contributed by atoms with Crippen LogP contribution in [0.2, 0.25) is 0 Å². The number of anilines is 1. The molecule has 4 rings (SSSR count). The van der Waals surface area contributed by atoms with E-state index in [1.165, 1.54) is 7.11 Å². The molecular formula is C23H29N3O6S. The number of ether oxygens (including phenoxy) is 3. The normalized spacial score (nSPS) is 20.9. The quantitative estimate of drug-likeness (QED) is 0.623. The zero-order valence-electron chi connectivity index (χ0n) is 19.0. The highest BCUT2D eigenvalue weighted by Gasteiger charge is 2.44. The molecule has 2 aromatic carbocycles. The zero-order chi connectivity index (χ0) is 23.6. The van der Waals surface area contributed by atoms with Crippen molar-refractivity contribution in [3.05, 3.63) is 42.5 Å². The van der Waals surface area contributed by atoms with Crippen LogP contribution < -0.4 is 19.5 Å². The summed E-state index contributed by atoms with van der Waals surface area (Å²) in [7, 11) is 1.11. The molecule has 2 atom stereocenters. The van der Waals surface area contributed by atoms with Crippen molar-refractivity contribution in [2.45, 2.75) is 4.90 Å². The van der Waals surface area contributed by atoms with Crippen molar-refractivity contribution >= 4 is 21.6 Å². The van der Waals surface area contributed by atoms with E-state index < -0.39 is 10.0 Å². The molecule has 0 spiro atoms. The summed E-state index contributed by atoms with van der Waals surface area (Å²) in [6.45, 7) is 2.54. The van der Waals surface area contributed by atoms with Gasteiger partial charge in [0.2, 0.25) is 15.9 Å². The fourth-order valence-corrected chi connectivity index (χ4v) is 6.12. The van der Waals surface area contributed by atoms with E-state index in [0.717, 1.165) is 0 Å². The molecule has 2 aliphatic rings. The Balaban J connectivity index is 1.33. The number of likely N-dealkylation sites (tertiary alicyclic amines) is 1. The smallest absolute Gasteiger partial charge is 0.243 e. The molecule has 0 saturated carbocycles. The molecule has 0 radical (unpaired) electrons. The van der Waals surface area contributed by atoms with Crippen LogP contribution in [-0.4, -0.2) is 77.6 Å². The number of carbonyl (C=O) groups is 1. The fourth-order valence-electron chi connectivity index (χ4n) is 4.56. The van der Waals surface area contributed by atoms with E-state index in [2.05, 4.69) is 10.2 Å². The lowest BCUT2D eigenvalue weighted by Crippen LogP contribution is -2.36. The predicted octanol–water partition coefficient (Wildman–Crippen LogP) is 1.90. The van der Waals surface area contributed by atoms with Gasteiger partial charge in [-0.15, -0.1) is 0 Å². The van der Waals surface area contributed by atoms with Crippen molar-refractivity contribution in [3.63, 3.8) is 0 Å². The summed E-state index contributed by atoms with van der Waals surface area (Å²) in [5.74, 6) is 2.07. The van der Waals surface area contributed by atoms with Gasteiger partial charge >= 0.3 is 0 Å². The van der Waals surface area contributed by atoms with Crippen molar-refractivity contribution in [1.29, 1.82) is 0 Å². The number of nitrogens with one attached hydrogen (secondary N) is 1. The average molecular weight is 476 g/mol. The molecule has 2 heterocycles. The lowest BCUT2D eigenvalue weighted by molar-refractivity contribution is -0.117. The number of fused-ring (bicyclic) bond motifs is 1. The maximum absolute atomic E-state index is 13.0. The van der Waals surface area contributed by atoms with E-state index >= 15 is 0 Å². The number of sulfonamides is 1. The fraction of sp³-hybridized carbons (Fsp3) is 0.435. The largest absolute Gasteiger partial charge is 0.497 e. The number of nitrogens with zero attached hydrogens (tertiary/aromatic N) is 2. The minimum atomic E-state index is -3.54. The minimum Gasteiger partial charge on any atom is -0.497 e. The van der Waals surface area contributed by atoms with Crippen LogP contribution in [0.15, 0.2) is 47.4 Å². The maximum atomic E-state index is 13.0. The van der Waals surface area contributed by atoms with Gasteiger partial charge in [0.15, 0.2) is 0 Å². The molecule has 2 fully saturated rings. The van der Waals surface area contributed by atoms with Crippen LogP contribution in [0.1, 0.15) is 0 Å². The lowest BCUT2D eigenvalue weighted by atomic mass is 10.0. The van der Waals surface area contributed by atoms with Crippen LogP contribution in [0.4, 0.5) is 5.69 Å². The second-order valence-corrected chi connectivity index (χ2v) is 10.3. The Morgan fingerprint density at radius 3 is 2.09 bits per heavy atom. The van der Waals surface area contributed by atoms with Crippen molar-refractivity contribution in [1.82, 2.24) is 9.21 Å². The van der Waals surface area contributed by atoms with Crippen LogP contribution in [0.5, 0.6) is 17.2 Å². The third-order valence-corrected chi connectivity index (χ3v) is 8.12. The molecule has 0 aromatic heterocycles. The van der Waals surface area contributed by atoms with Gasteiger partial charge in [-0.1, -0.05) is 0 Å². The summed E-state index contributed by atoms with van der Waals surface area (Å²) >= 11 is 0. The summed E-state index contributed by atoms with van der Waals surface area (Å²) in [5, 5.41) is 2.89. The molecule has 2 saturated heterocycles. The Morgan fingerprint density at radius 2 is 1.52 bits per heavy atom. The van der Waals surface area contributed by atoms with Gasteiger partial charge in [0.25, 0.3) is 0 Å². The molecular weight excluding hydrogens is 446 g/mol. The standard InChI is InChI=1S/C23H29N3O6S/c1-30-18-4-7-20(8-5-18)33(28,29)26-13-16-11-25(12-17(16)14-26)15-23(27)24-21-9-6-19(31-2)10-22(21)32-3/h4-10,16-17H,11-15H2,1-3H3,(H,24,27). The third-order valence-electron chi connectivity index (χ3n) is 6.28. The predicted molar refractivity (Wildman–Crippen MR) is 123 cm³/mol. The van der Waals surface area contributed by atoms with Gasteiger partial charge in [0.05, 0.1) is 38.5 Å². The first-order chi connectivity index (χ1) is 15.8. The molecule has 9 nitrogen and oxygen atoms in total. The van der Waals surface area contributed by atoms with Crippen molar-refractivity contribution in [3.8, 4) is 17.2 Å². The number of carbonyl (C=O) groups excluding carboxylic acids is 1. The molecule has 10 heteroatoms. The molecule has 0 bridgehead atoms. The molecule has 2 aromatic rings. The number of rotatable bonds is 8. The summed E-state index contributed by atoms with van der Waals surface area (Å²) in [6, 6.07) is 11.7. The van der Waals surface area contributed by atoms with E-state index in [4.69, 9.17) is 14.2 Å². The molecule has 0 aliphatic carbocycles. The summed E-state index contributed by atoms with van der Waals surface area (Å²) in [6.07, 6.45) is 0. The van der Waals surface area contributed by atoms with Gasteiger partial charge in [0.1, 0.15) is 17.2 Å². The second kappa shape index (κ2) is 9.58. The van der Waals surface area contributed by atoms with Gasteiger partial charge in [-0.3, -0.25) is 9.69 Å². The van der Waals surface area contributed by atoms with Gasteiger partial charge in [-0.05, 0) is 48.2 Å². The van der Waals surface area contributed by atoms with Crippen molar-refractivity contribution in [2.24, 2.45) is 11.8 Å². The third kappa shape index (κ3) is 4.92. The minimum absolute atomic E-state index is 0.138. The zero-order valence-corrected chi connectivity index (χ0v) is 19.8. The first kappa shape index (κ1) is 23.3. The van der Waals surface area contributed by atoms with Crippen molar-refractivity contribution in [2.75, 3.05) is 59.4 Å². The highest BCUT2D eigenvalue weighted by Crippen LogP contribution is 2.35. The average Bonchev–Trinajstić information content (AvgIpc) is 3.38. The summed E-state index contributed by atoms with van der Waals surface area (Å²) in [5.41, 5.74) is 0.583. The number of benzene rings is 2. The first-order valence-corrected chi connectivity index (χ1v) is 12.2. The van der Waals surface area contributed by atoms with Gasteiger partial charge in [0, 0.05) is 32.2 Å². The van der Waals surface area contributed by atoms with Gasteiger partial charge < -0.3 is 19.5 Å². The molecule has 1 N–H and O–H groups in total. The monoisotopic (exact) mass is 475 g/mol. The Morgan fingerprint density at radius 1 is 0.909 bits per heavy atom. The Kier molecular flexibility index (Phi) is 6.78. The number of hydrogen-bond donors (Lipinski definition) is 1. The molecule has 33 heavy (non-hydrogen) atoms. The highest BCUT2D eigenvalue weighted by atomic mass is 32.2. The SMILES string of the molecule is COc1ccc(S(=O)(=O)N2CC3CN(CC(=O)Nc4ccc(OC)cc4OC)CC3C2)cc1. The van der Waals surface area contributed by atoms with Crippen LogP contribution in [0.3, 0.4) is 0 Å². The summed E-state index contributed by atoms with van der Waals surface area (Å²) < 4.78 is 43.2. The Bertz CT molecular complexity index is 1090. The van der Waals surface area contributed by atoms with Crippen LogP contribution in [0.25, 0.3) is 0 Å². The molecule has 2 aliphatic heterocycles. The molecule has 1 amide bonds. The van der Waals surface area contributed by atoms with E-state index in [-0.39, 0.29) is 29.2 Å². The topological polar surface area (TPSA) is 97.4 Å². The van der Waals surface area contributed by atoms with Gasteiger partial charge in [-0.25, -0.2) is 8.42 Å². The molecule has 2 unspecified atom stereocenters. The Hall–Kier alpha value is -2.82. The lowest BCUT2D eigenvalue weighted by Gasteiger charge is -2.21. The summed E-state index contributed by atoms with van der Waals surface area (Å²) in [4.78, 5) is 15.0. The number of amides is 1. The van der Waals surface area contributed by atoms with Crippen LogP contribution >= 0.6 is 0 Å².